The van der Waals surface area contributed by atoms with Crippen LogP contribution in [0.15, 0.2) is 41.2 Å². The number of para-hydroxylation sites is 1. The van der Waals surface area contributed by atoms with Crippen LogP contribution in [0.3, 0.4) is 0 Å². The molecular formula is C20H22N4O4. The Kier molecular flexibility index (Phi) is 5.21. The van der Waals surface area contributed by atoms with Crippen molar-refractivity contribution in [3.63, 3.8) is 0 Å². The van der Waals surface area contributed by atoms with Gasteiger partial charge < -0.3 is 15.0 Å². The zero-order valence-electron chi connectivity index (χ0n) is 15.5. The smallest absolute Gasteiger partial charge is 0.278 e. The Hall–Kier alpha value is -3.00. The van der Waals surface area contributed by atoms with E-state index in [1.807, 2.05) is 24.3 Å². The molecule has 8 nitrogen and oxygen atoms in total. The second kappa shape index (κ2) is 7.93. The quantitative estimate of drug-likeness (QED) is 0.823. The van der Waals surface area contributed by atoms with Gasteiger partial charge in [0.25, 0.3) is 11.5 Å². The second-order valence-electron chi connectivity index (χ2n) is 6.99. The number of carbonyl (C=O) groups excluding carboxylic acids is 2. The normalized spacial score (nSPS) is 18.1. The largest absolute Gasteiger partial charge is 0.376 e. The lowest BCUT2D eigenvalue weighted by atomic mass is 10.2. The molecule has 2 aliphatic heterocycles. The number of benzene rings is 1. The van der Waals surface area contributed by atoms with Gasteiger partial charge in [-0.25, -0.2) is 4.68 Å². The van der Waals surface area contributed by atoms with Gasteiger partial charge in [0.2, 0.25) is 5.91 Å². The van der Waals surface area contributed by atoms with E-state index in [1.54, 1.807) is 4.90 Å². The first-order valence-corrected chi connectivity index (χ1v) is 9.48. The highest BCUT2D eigenvalue weighted by atomic mass is 16.5. The molecule has 1 atom stereocenters. The Morgan fingerprint density at radius 3 is 2.89 bits per heavy atom. The van der Waals surface area contributed by atoms with E-state index in [1.165, 1.54) is 12.1 Å². The number of hydrogen-bond acceptors (Lipinski definition) is 5. The lowest BCUT2D eigenvalue weighted by Crippen LogP contribution is -2.38. The predicted octanol–water partition coefficient (Wildman–Crippen LogP) is 0.741. The van der Waals surface area contributed by atoms with Crippen molar-refractivity contribution < 1.29 is 14.3 Å². The molecule has 2 aliphatic rings. The zero-order valence-corrected chi connectivity index (χ0v) is 15.5. The summed E-state index contributed by atoms with van der Waals surface area (Å²) in [6.07, 6.45) is 2.72. The molecular weight excluding hydrogens is 360 g/mol. The second-order valence-corrected chi connectivity index (χ2v) is 6.99. The van der Waals surface area contributed by atoms with Crippen LogP contribution in [0.2, 0.25) is 0 Å². The number of carbonyl (C=O) groups is 2. The summed E-state index contributed by atoms with van der Waals surface area (Å²) in [6, 6.07) is 10.4. The maximum absolute atomic E-state index is 12.9. The molecule has 0 spiro atoms. The fraction of sp³-hybridized carbons (Fsp3) is 0.400. The minimum absolute atomic E-state index is 0.0248. The first-order valence-electron chi connectivity index (χ1n) is 9.48. The summed E-state index contributed by atoms with van der Waals surface area (Å²) in [5, 5.41) is 6.89. The lowest BCUT2D eigenvalue weighted by Gasteiger charge is -2.17. The molecule has 146 valence electrons. The highest BCUT2D eigenvalue weighted by Crippen LogP contribution is 2.28. The van der Waals surface area contributed by atoms with Crippen molar-refractivity contribution in [3.05, 3.63) is 58.0 Å². The molecule has 1 N–H and O–H groups in total. The van der Waals surface area contributed by atoms with Crippen LogP contribution < -0.4 is 15.8 Å². The molecule has 0 radical (unpaired) electrons. The highest BCUT2D eigenvalue weighted by molar-refractivity contribution is 6.05. The van der Waals surface area contributed by atoms with E-state index in [2.05, 4.69) is 10.4 Å². The van der Waals surface area contributed by atoms with Crippen molar-refractivity contribution >= 4 is 17.5 Å². The van der Waals surface area contributed by atoms with Crippen LogP contribution in [0.1, 0.15) is 28.9 Å². The molecule has 1 saturated heterocycles. The number of rotatable bonds is 5. The number of ether oxygens (including phenoxy) is 1. The molecule has 3 heterocycles. The number of fused-ring (bicyclic) bond motifs is 1. The average molecular weight is 382 g/mol. The SMILES string of the molecule is O=C(Cn1nc(C(=O)N2CCc3ccccc32)ccc1=O)NC[C@H]1CCCO1. The van der Waals surface area contributed by atoms with Gasteiger partial charge in [-0.2, -0.15) is 5.10 Å². The van der Waals surface area contributed by atoms with Crippen LogP contribution in [0.25, 0.3) is 0 Å². The maximum Gasteiger partial charge on any atom is 0.278 e. The maximum atomic E-state index is 12.9. The molecule has 0 unspecified atom stereocenters. The first-order chi connectivity index (χ1) is 13.6. The Bertz CT molecular complexity index is 949. The van der Waals surface area contributed by atoms with Crippen LogP contribution in [0, 0.1) is 0 Å². The standard InChI is InChI=1S/C20H22N4O4/c25-18(21-12-15-5-3-11-28-15)13-24-19(26)8-7-16(22-24)20(27)23-10-9-14-4-1-2-6-17(14)23/h1-2,4,6-8,15H,3,5,9-13H2,(H,21,25)/t15-/m1/s1. The lowest BCUT2D eigenvalue weighted by molar-refractivity contribution is -0.122. The van der Waals surface area contributed by atoms with Crippen LogP contribution in [-0.2, 0) is 22.5 Å². The predicted molar refractivity (Wildman–Crippen MR) is 102 cm³/mol. The molecule has 28 heavy (non-hydrogen) atoms. The van der Waals surface area contributed by atoms with Crippen molar-refractivity contribution in [3.8, 4) is 0 Å². The highest BCUT2D eigenvalue weighted by Gasteiger charge is 2.26. The average Bonchev–Trinajstić information content (AvgIpc) is 3.37. The molecule has 1 fully saturated rings. The third-order valence-corrected chi connectivity index (χ3v) is 5.06. The van der Waals surface area contributed by atoms with Gasteiger partial charge in [0.1, 0.15) is 12.2 Å². The van der Waals surface area contributed by atoms with Gasteiger partial charge in [-0.1, -0.05) is 18.2 Å². The zero-order chi connectivity index (χ0) is 19.5. The van der Waals surface area contributed by atoms with Crippen LogP contribution in [0.4, 0.5) is 5.69 Å². The Labute approximate surface area is 162 Å². The topological polar surface area (TPSA) is 93.5 Å². The number of nitrogens with zero attached hydrogens (tertiary/aromatic N) is 3. The number of nitrogens with one attached hydrogen (secondary N) is 1. The van der Waals surface area contributed by atoms with E-state index < -0.39 is 5.56 Å². The van der Waals surface area contributed by atoms with Gasteiger partial charge in [-0.3, -0.25) is 14.4 Å². The van der Waals surface area contributed by atoms with E-state index in [0.717, 1.165) is 35.2 Å². The van der Waals surface area contributed by atoms with Gasteiger partial charge in [-0.05, 0) is 37.0 Å². The molecule has 1 aromatic heterocycles. The Morgan fingerprint density at radius 1 is 1.21 bits per heavy atom. The van der Waals surface area contributed by atoms with E-state index >= 15 is 0 Å². The van der Waals surface area contributed by atoms with Crippen molar-refractivity contribution in [1.29, 1.82) is 0 Å². The number of aromatic nitrogens is 2. The first kappa shape index (κ1) is 18.4. The summed E-state index contributed by atoms with van der Waals surface area (Å²) in [5.41, 5.74) is 1.69. The van der Waals surface area contributed by atoms with Crippen molar-refractivity contribution in [2.24, 2.45) is 0 Å². The van der Waals surface area contributed by atoms with Crippen molar-refractivity contribution in [2.75, 3.05) is 24.6 Å². The Morgan fingerprint density at radius 2 is 2.07 bits per heavy atom. The third kappa shape index (κ3) is 3.82. The van der Waals surface area contributed by atoms with Crippen molar-refractivity contribution in [1.82, 2.24) is 15.1 Å². The van der Waals surface area contributed by atoms with E-state index in [9.17, 15) is 14.4 Å². The van der Waals surface area contributed by atoms with Crippen molar-refractivity contribution in [2.45, 2.75) is 31.9 Å². The number of amides is 2. The van der Waals surface area contributed by atoms with Crippen LogP contribution in [0.5, 0.6) is 0 Å². The van der Waals surface area contributed by atoms with Crippen LogP contribution in [-0.4, -0.2) is 47.4 Å². The fourth-order valence-corrected chi connectivity index (χ4v) is 3.59. The molecule has 2 amide bonds. The minimum Gasteiger partial charge on any atom is -0.376 e. The summed E-state index contributed by atoms with van der Waals surface area (Å²) in [5.74, 6) is -0.611. The molecule has 0 aliphatic carbocycles. The number of anilines is 1. The van der Waals surface area contributed by atoms with Gasteiger partial charge in [0, 0.05) is 31.5 Å². The summed E-state index contributed by atoms with van der Waals surface area (Å²) in [4.78, 5) is 38.8. The summed E-state index contributed by atoms with van der Waals surface area (Å²) in [6.45, 7) is 1.46. The molecule has 8 heteroatoms. The molecule has 4 rings (SSSR count). The minimum atomic E-state index is -0.425. The molecule has 0 saturated carbocycles. The summed E-state index contributed by atoms with van der Waals surface area (Å²) < 4.78 is 6.49. The molecule has 1 aromatic carbocycles. The summed E-state index contributed by atoms with van der Waals surface area (Å²) >= 11 is 0. The monoisotopic (exact) mass is 382 g/mol. The van der Waals surface area contributed by atoms with Gasteiger partial charge in [-0.15, -0.1) is 0 Å². The van der Waals surface area contributed by atoms with E-state index in [0.29, 0.717) is 19.7 Å². The summed E-state index contributed by atoms with van der Waals surface area (Å²) in [7, 11) is 0. The van der Waals surface area contributed by atoms with Gasteiger partial charge in [0.05, 0.1) is 6.10 Å². The Balaban J connectivity index is 1.45. The van der Waals surface area contributed by atoms with Crippen LogP contribution >= 0.6 is 0 Å². The van der Waals surface area contributed by atoms with E-state index in [4.69, 9.17) is 4.74 Å². The van der Waals surface area contributed by atoms with Gasteiger partial charge >= 0.3 is 0 Å². The fourth-order valence-electron chi connectivity index (χ4n) is 3.59. The third-order valence-electron chi connectivity index (χ3n) is 5.06. The van der Waals surface area contributed by atoms with Gasteiger partial charge in [0.15, 0.2) is 0 Å². The molecule has 2 aromatic rings. The van der Waals surface area contributed by atoms with E-state index in [-0.39, 0.29) is 30.2 Å². The molecule has 0 bridgehead atoms. The number of hydrogen-bond donors (Lipinski definition) is 1.